The van der Waals surface area contributed by atoms with E-state index in [2.05, 4.69) is 19.1 Å². The van der Waals surface area contributed by atoms with E-state index in [-0.39, 0.29) is 5.92 Å². The second kappa shape index (κ2) is 9.18. The lowest BCUT2D eigenvalue weighted by Crippen LogP contribution is -2.09. The molecule has 0 bridgehead atoms. The Kier molecular flexibility index (Phi) is 6.94. The predicted octanol–water partition coefficient (Wildman–Crippen LogP) is 4.42. The normalized spacial score (nSPS) is 11.8. The topological polar surface area (TPSA) is 36.9 Å². The van der Waals surface area contributed by atoms with Gasteiger partial charge in [0.2, 0.25) is 0 Å². The fraction of sp³-hybridized carbons (Fsp3) is 0.400. The molecular weight excluding hydrogens is 304 g/mol. The van der Waals surface area contributed by atoms with Gasteiger partial charge in [-0.2, -0.15) is 0 Å². The van der Waals surface area contributed by atoms with E-state index in [1.54, 1.807) is 21.3 Å². The van der Waals surface area contributed by atoms with Gasteiger partial charge >= 0.3 is 0 Å². The molecule has 2 aromatic carbocycles. The van der Waals surface area contributed by atoms with E-state index in [0.29, 0.717) is 24.7 Å². The zero-order valence-electron chi connectivity index (χ0n) is 14.9. The Morgan fingerprint density at radius 3 is 2.04 bits per heavy atom. The molecule has 0 radical (unpaired) electrons. The standard InChI is InChI=1S/C20H26O4/c1-5-16(14-24-13-15-9-7-6-8-10-15)17-11-19(22-3)20(23-4)12-18(17)21-2/h6-12,16H,5,13-14H2,1-4H3. The Morgan fingerprint density at radius 1 is 0.833 bits per heavy atom. The van der Waals surface area contributed by atoms with E-state index in [0.717, 1.165) is 17.7 Å². The summed E-state index contributed by atoms with van der Waals surface area (Å²) >= 11 is 0. The maximum Gasteiger partial charge on any atom is 0.164 e. The van der Waals surface area contributed by atoms with Gasteiger partial charge in [-0.3, -0.25) is 0 Å². The summed E-state index contributed by atoms with van der Waals surface area (Å²) in [4.78, 5) is 0. The first-order chi connectivity index (χ1) is 11.7. The van der Waals surface area contributed by atoms with Gasteiger partial charge in [-0.05, 0) is 18.1 Å². The molecule has 0 aliphatic carbocycles. The molecule has 0 aromatic heterocycles. The summed E-state index contributed by atoms with van der Waals surface area (Å²) < 4.78 is 22.2. The van der Waals surface area contributed by atoms with Crippen LogP contribution in [0.2, 0.25) is 0 Å². The summed E-state index contributed by atoms with van der Waals surface area (Å²) in [5, 5.41) is 0. The number of ether oxygens (including phenoxy) is 4. The van der Waals surface area contributed by atoms with Crippen molar-refractivity contribution in [2.45, 2.75) is 25.9 Å². The summed E-state index contributed by atoms with van der Waals surface area (Å²) in [6, 6.07) is 14.0. The molecule has 0 N–H and O–H groups in total. The average molecular weight is 330 g/mol. The minimum atomic E-state index is 0.225. The van der Waals surface area contributed by atoms with Crippen molar-refractivity contribution in [3.63, 3.8) is 0 Å². The fourth-order valence-corrected chi connectivity index (χ4v) is 2.69. The molecule has 1 atom stereocenters. The van der Waals surface area contributed by atoms with Gasteiger partial charge in [0.25, 0.3) is 0 Å². The zero-order chi connectivity index (χ0) is 17.4. The van der Waals surface area contributed by atoms with E-state index in [4.69, 9.17) is 18.9 Å². The zero-order valence-corrected chi connectivity index (χ0v) is 14.9. The number of rotatable bonds is 9. The highest BCUT2D eigenvalue weighted by molar-refractivity contribution is 5.52. The number of hydrogen-bond acceptors (Lipinski definition) is 4. The average Bonchev–Trinajstić information content (AvgIpc) is 2.65. The van der Waals surface area contributed by atoms with Crippen LogP contribution in [0, 0.1) is 0 Å². The lowest BCUT2D eigenvalue weighted by atomic mass is 9.95. The molecule has 24 heavy (non-hydrogen) atoms. The van der Waals surface area contributed by atoms with Gasteiger partial charge in [0, 0.05) is 17.5 Å². The van der Waals surface area contributed by atoms with Crippen LogP contribution in [-0.4, -0.2) is 27.9 Å². The minimum Gasteiger partial charge on any atom is -0.496 e. The highest BCUT2D eigenvalue weighted by Crippen LogP contribution is 2.39. The molecular formula is C20H26O4. The Labute approximate surface area is 144 Å². The van der Waals surface area contributed by atoms with Crippen molar-refractivity contribution < 1.29 is 18.9 Å². The van der Waals surface area contributed by atoms with Crippen molar-refractivity contribution in [3.05, 3.63) is 53.6 Å². The van der Waals surface area contributed by atoms with Crippen molar-refractivity contribution >= 4 is 0 Å². The highest BCUT2D eigenvalue weighted by atomic mass is 16.5. The second-order valence-corrected chi connectivity index (χ2v) is 5.56. The van der Waals surface area contributed by atoms with Crippen LogP contribution in [0.1, 0.15) is 30.4 Å². The lowest BCUT2D eigenvalue weighted by molar-refractivity contribution is 0.105. The van der Waals surface area contributed by atoms with Crippen LogP contribution in [0.4, 0.5) is 0 Å². The van der Waals surface area contributed by atoms with Crippen LogP contribution in [0.3, 0.4) is 0 Å². The van der Waals surface area contributed by atoms with Crippen molar-refractivity contribution in [2.75, 3.05) is 27.9 Å². The Bertz CT molecular complexity index is 625. The second-order valence-electron chi connectivity index (χ2n) is 5.56. The van der Waals surface area contributed by atoms with Crippen LogP contribution in [0.15, 0.2) is 42.5 Å². The summed E-state index contributed by atoms with van der Waals surface area (Å²) in [6.07, 6.45) is 0.945. The van der Waals surface area contributed by atoms with Crippen molar-refractivity contribution in [1.29, 1.82) is 0 Å². The summed E-state index contributed by atoms with van der Waals surface area (Å²) in [7, 11) is 4.93. The third-order valence-corrected chi connectivity index (χ3v) is 4.10. The van der Waals surface area contributed by atoms with Crippen LogP contribution < -0.4 is 14.2 Å². The van der Waals surface area contributed by atoms with Gasteiger partial charge in [-0.1, -0.05) is 37.3 Å². The number of methoxy groups -OCH3 is 3. The molecule has 0 fully saturated rings. The van der Waals surface area contributed by atoms with Crippen molar-refractivity contribution in [2.24, 2.45) is 0 Å². The lowest BCUT2D eigenvalue weighted by Gasteiger charge is -2.21. The maximum absolute atomic E-state index is 5.93. The number of hydrogen-bond donors (Lipinski definition) is 0. The molecule has 0 aliphatic rings. The molecule has 4 nitrogen and oxygen atoms in total. The van der Waals surface area contributed by atoms with Crippen LogP contribution in [-0.2, 0) is 11.3 Å². The van der Waals surface area contributed by atoms with Crippen LogP contribution >= 0.6 is 0 Å². The molecule has 0 spiro atoms. The molecule has 0 saturated carbocycles. The summed E-state index contributed by atoms with van der Waals surface area (Å²) in [5.74, 6) is 2.39. The Morgan fingerprint density at radius 2 is 1.46 bits per heavy atom. The maximum atomic E-state index is 5.93. The van der Waals surface area contributed by atoms with Crippen molar-refractivity contribution in [1.82, 2.24) is 0 Å². The third-order valence-electron chi connectivity index (χ3n) is 4.10. The Hall–Kier alpha value is -2.20. The summed E-state index contributed by atoms with van der Waals surface area (Å²) in [6.45, 7) is 3.37. The Balaban J connectivity index is 2.13. The molecule has 0 heterocycles. The highest BCUT2D eigenvalue weighted by Gasteiger charge is 2.19. The van der Waals surface area contributed by atoms with E-state index in [1.807, 2.05) is 30.3 Å². The van der Waals surface area contributed by atoms with Gasteiger partial charge < -0.3 is 18.9 Å². The first-order valence-corrected chi connectivity index (χ1v) is 8.15. The molecule has 2 rings (SSSR count). The van der Waals surface area contributed by atoms with E-state index in [1.165, 1.54) is 5.56 Å². The fourth-order valence-electron chi connectivity index (χ4n) is 2.69. The minimum absolute atomic E-state index is 0.225. The van der Waals surface area contributed by atoms with Crippen LogP contribution in [0.5, 0.6) is 17.2 Å². The van der Waals surface area contributed by atoms with Crippen LogP contribution in [0.25, 0.3) is 0 Å². The third kappa shape index (κ3) is 4.42. The monoisotopic (exact) mass is 330 g/mol. The molecule has 2 aromatic rings. The van der Waals surface area contributed by atoms with Gasteiger partial charge in [0.15, 0.2) is 11.5 Å². The van der Waals surface area contributed by atoms with E-state index in [9.17, 15) is 0 Å². The van der Waals surface area contributed by atoms with E-state index < -0.39 is 0 Å². The largest absolute Gasteiger partial charge is 0.496 e. The number of benzene rings is 2. The quantitative estimate of drug-likeness (QED) is 0.682. The first kappa shape index (κ1) is 18.1. The summed E-state index contributed by atoms with van der Waals surface area (Å²) in [5.41, 5.74) is 2.25. The molecule has 0 amide bonds. The van der Waals surface area contributed by atoms with Gasteiger partial charge in [0.1, 0.15) is 5.75 Å². The van der Waals surface area contributed by atoms with E-state index >= 15 is 0 Å². The molecule has 0 saturated heterocycles. The molecule has 0 aliphatic heterocycles. The first-order valence-electron chi connectivity index (χ1n) is 8.15. The van der Waals surface area contributed by atoms with Gasteiger partial charge in [-0.15, -0.1) is 0 Å². The molecule has 1 unspecified atom stereocenters. The van der Waals surface area contributed by atoms with Gasteiger partial charge in [-0.25, -0.2) is 0 Å². The van der Waals surface area contributed by atoms with Crippen molar-refractivity contribution in [3.8, 4) is 17.2 Å². The smallest absolute Gasteiger partial charge is 0.164 e. The molecule has 4 heteroatoms. The van der Waals surface area contributed by atoms with Gasteiger partial charge in [0.05, 0.1) is 34.5 Å². The molecule has 130 valence electrons. The predicted molar refractivity (Wildman–Crippen MR) is 95.2 cm³/mol. The SMILES string of the molecule is CCC(COCc1ccccc1)c1cc(OC)c(OC)cc1OC.